The van der Waals surface area contributed by atoms with Crippen molar-refractivity contribution in [2.45, 2.75) is 52.9 Å². The number of amides is 1. The Morgan fingerprint density at radius 1 is 0.974 bits per heavy atom. The third-order valence-corrected chi connectivity index (χ3v) is 7.92. The molecule has 3 aliphatic rings. The number of likely N-dealkylation sites (N-methyl/N-ethyl adjacent to an activating group) is 1. The SMILES string of the molecule is CCNC(=O)C1=C(C)N=C2C/C(=C\C3=C(C)C(c4ccc(C)cc4)C(O)=C3)C(=O)C2C1c1ccc(C)cc1. The average Bonchev–Trinajstić information content (AvgIpc) is 3.34. The third-order valence-electron chi connectivity index (χ3n) is 7.92. The first-order valence-electron chi connectivity index (χ1n) is 13.2. The van der Waals surface area contributed by atoms with Crippen LogP contribution in [0.5, 0.6) is 0 Å². The average molecular weight is 507 g/mol. The molecular formula is C33H34N2O3. The maximum atomic E-state index is 14.0. The summed E-state index contributed by atoms with van der Waals surface area (Å²) in [6.07, 6.45) is 4.12. The molecule has 0 bridgehead atoms. The van der Waals surface area contributed by atoms with Gasteiger partial charge in [0.15, 0.2) is 5.78 Å². The molecule has 2 N–H and O–H groups in total. The van der Waals surface area contributed by atoms with Crippen molar-refractivity contribution < 1.29 is 14.7 Å². The normalized spacial score (nSPS) is 24.1. The van der Waals surface area contributed by atoms with Gasteiger partial charge in [-0.1, -0.05) is 65.2 Å². The van der Waals surface area contributed by atoms with Crippen LogP contribution in [-0.4, -0.2) is 29.1 Å². The van der Waals surface area contributed by atoms with Gasteiger partial charge in [0, 0.05) is 41.4 Å². The fourth-order valence-corrected chi connectivity index (χ4v) is 5.95. The summed E-state index contributed by atoms with van der Waals surface area (Å²) in [5.74, 6) is -1.02. The highest BCUT2D eigenvalue weighted by Gasteiger charge is 2.47. The molecule has 0 aromatic heterocycles. The maximum absolute atomic E-state index is 14.0. The van der Waals surface area contributed by atoms with Gasteiger partial charge in [-0.05, 0) is 63.5 Å². The Labute approximate surface area is 224 Å². The fourth-order valence-electron chi connectivity index (χ4n) is 5.95. The Morgan fingerprint density at radius 2 is 1.58 bits per heavy atom. The van der Waals surface area contributed by atoms with Gasteiger partial charge in [0.25, 0.3) is 0 Å². The summed E-state index contributed by atoms with van der Waals surface area (Å²) in [5.41, 5.74) is 8.81. The zero-order valence-electron chi connectivity index (χ0n) is 22.6. The molecule has 1 amide bonds. The molecule has 3 atom stereocenters. The zero-order valence-corrected chi connectivity index (χ0v) is 22.6. The summed E-state index contributed by atoms with van der Waals surface area (Å²) in [6.45, 7) is 10.3. The van der Waals surface area contributed by atoms with Crippen LogP contribution < -0.4 is 5.32 Å². The van der Waals surface area contributed by atoms with Crippen LogP contribution >= 0.6 is 0 Å². The highest BCUT2D eigenvalue weighted by atomic mass is 16.3. The minimum absolute atomic E-state index is 0.00407. The largest absolute Gasteiger partial charge is 0.511 e. The number of aliphatic imine (C=N–C) groups is 1. The smallest absolute Gasteiger partial charge is 0.249 e. The molecule has 3 unspecified atom stereocenters. The Kier molecular flexibility index (Phi) is 6.78. The first-order chi connectivity index (χ1) is 18.2. The Balaban J connectivity index is 1.54. The topological polar surface area (TPSA) is 78.8 Å². The Bertz CT molecular complexity index is 1470. The molecular weight excluding hydrogens is 472 g/mol. The molecule has 38 heavy (non-hydrogen) atoms. The predicted octanol–water partition coefficient (Wildman–Crippen LogP) is 6.32. The van der Waals surface area contributed by atoms with Crippen LogP contribution in [0.2, 0.25) is 0 Å². The quantitative estimate of drug-likeness (QED) is 0.466. The monoisotopic (exact) mass is 506 g/mol. The van der Waals surface area contributed by atoms with Crippen LogP contribution in [0, 0.1) is 19.8 Å². The van der Waals surface area contributed by atoms with Crippen LogP contribution in [0.15, 0.2) is 99.4 Å². The number of hydrogen-bond acceptors (Lipinski definition) is 4. The van der Waals surface area contributed by atoms with Crippen molar-refractivity contribution in [3.8, 4) is 0 Å². The number of aryl methyl sites for hydroxylation is 2. The minimum Gasteiger partial charge on any atom is -0.511 e. The van der Waals surface area contributed by atoms with Crippen molar-refractivity contribution in [1.29, 1.82) is 0 Å². The van der Waals surface area contributed by atoms with E-state index < -0.39 is 11.8 Å². The van der Waals surface area contributed by atoms with Crippen molar-refractivity contribution in [3.05, 3.63) is 117 Å². The molecule has 1 fully saturated rings. The van der Waals surface area contributed by atoms with E-state index in [9.17, 15) is 14.7 Å². The highest BCUT2D eigenvalue weighted by molar-refractivity contribution is 6.23. The van der Waals surface area contributed by atoms with Gasteiger partial charge >= 0.3 is 0 Å². The van der Waals surface area contributed by atoms with E-state index in [1.165, 1.54) is 0 Å². The van der Waals surface area contributed by atoms with Gasteiger partial charge in [0.05, 0.1) is 11.8 Å². The second kappa shape index (κ2) is 10.1. The summed E-state index contributed by atoms with van der Waals surface area (Å²) in [5, 5.41) is 13.7. The molecule has 1 saturated carbocycles. The summed E-state index contributed by atoms with van der Waals surface area (Å²) in [4.78, 5) is 32.0. The highest BCUT2D eigenvalue weighted by Crippen LogP contribution is 2.46. The molecule has 2 aromatic rings. The van der Waals surface area contributed by atoms with Crippen molar-refractivity contribution in [3.63, 3.8) is 0 Å². The number of carbonyl (C=O) groups is 2. The summed E-state index contributed by atoms with van der Waals surface area (Å²) in [6, 6.07) is 16.2. The van der Waals surface area contributed by atoms with E-state index in [0.717, 1.165) is 39.1 Å². The van der Waals surface area contributed by atoms with Crippen molar-refractivity contribution in [2.24, 2.45) is 10.9 Å². The van der Waals surface area contributed by atoms with E-state index in [-0.39, 0.29) is 23.4 Å². The van der Waals surface area contributed by atoms with Gasteiger partial charge in [-0.3, -0.25) is 14.6 Å². The van der Waals surface area contributed by atoms with Crippen LogP contribution in [-0.2, 0) is 9.59 Å². The molecule has 2 aromatic carbocycles. The van der Waals surface area contributed by atoms with E-state index in [1.54, 1.807) is 6.08 Å². The van der Waals surface area contributed by atoms with Gasteiger partial charge in [0.1, 0.15) is 5.76 Å². The molecule has 0 saturated heterocycles. The first kappa shape index (κ1) is 25.7. The lowest BCUT2D eigenvalue weighted by Crippen LogP contribution is -2.36. The van der Waals surface area contributed by atoms with Crippen LogP contribution in [0.3, 0.4) is 0 Å². The van der Waals surface area contributed by atoms with Gasteiger partial charge in [-0.25, -0.2) is 0 Å². The molecule has 5 rings (SSSR count). The van der Waals surface area contributed by atoms with Gasteiger partial charge < -0.3 is 10.4 Å². The third kappa shape index (κ3) is 4.47. The fraction of sp³-hybridized carbons (Fsp3) is 0.303. The van der Waals surface area contributed by atoms with E-state index in [2.05, 4.69) is 5.32 Å². The summed E-state index contributed by atoms with van der Waals surface area (Å²) in [7, 11) is 0. The van der Waals surface area contributed by atoms with Gasteiger partial charge in [0.2, 0.25) is 5.91 Å². The van der Waals surface area contributed by atoms with Crippen LogP contribution in [0.25, 0.3) is 0 Å². The van der Waals surface area contributed by atoms with Crippen molar-refractivity contribution >= 4 is 17.4 Å². The molecule has 5 nitrogen and oxygen atoms in total. The molecule has 0 spiro atoms. The zero-order chi connectivity index (χ0) is 27.1. The molecule has 1 heterocycles. The number of allylic oxidation sites excluding steroid dienone is 6. The predicted molar refractivity (Wildman–Crippen MR) is 151 cm³/mol. The lowest BCUT2D eigenvalue weighted by molar-refractivity contribution is -0.118. The van der Waals surface area contributed by atoms with E-state index in [4.69, 9.17) is 4.99 Å². The van der Waals surface area contributed by atoms with E-state index in [1.807, 2.05) is 89.2 Å². The number of aliphatic hydroxyl groups is 1. The summed E-state index contributed by atoms with van der Waals surface area (Å²) < 4.78 is 0. The second-order valence-corrected chi connectivity index (χ2v) is 10.6. The van der Waals surface area contributed by atoms with Gasteiger partial charge in [-0.15, -0.1) is 0 Å². The van der Waals surface area contributed by atoms with Gasteiger partial charge in [-0.2, -0.15) is 0 Å². The Hall–Kier alpha value is -3.99. The molecule has 5 heteroatoms. The van der Waals surface area contributed by atoms with Crippen molar-refractivity contribution in [1.82, 2.24) is 5.32 Å². The van der Waals surface area contributed by atoms with Crippen LogP contribution in [0.1, 0.15) is 61.3 Å². The minimum atomic E-state index is -0.516. The number of hydrogen-bond donors (Lipinski definition) is 2. The maximum Gasteiger partial charge on any atom is 0.249 e. The molecule has 194 valence electrons. The number of Topliss-reactive ketones (excluding diaryl/α,β-unsaturated/α-hetero) is 1. The van der Waals surface area contributed by atoms with Crippen LogP contribution in [0.4, 0.5) is 0 Å². The second-order valence-electron chi connectivity index (χ2n) is 10.6. The summed E-state index contributed by atoms with van der Waals surface area (Å²) >= 11 is 0. The number of carbonyl (C=O) groups excluding carboxylic acids is 2. The number of benzene rings is 2. The number of rotatable bonds is 5. The number of nitrogens with zero attached hydrogens (tertiary/aromatic N) is 1. The first-order valence-corrected chi connectivity index (χ1v) is 13.2. The molecule has 2 aliphatic carbocycles. The molecule has 0 radical (unpaired) electrons. The molecule has 1 aliphatic heterocycles. The lowest BCUT2D eigenvalue weighted by Gasteiger charge is -2.30. The van der Waals surface area contributed by atoms with E-state index >= 15 is 0 Å². The standard InChI is InChI=1S/C33H34N2O3/c1-6-34-33(38)29-21(5)35-26-16-25(32(37)31(26)30(29)23-13-9-19(3)10-14-23)15-24-17-27(36)28(20(24)4)22-11-7-18(2)8-12-22/h7-15,17,28,30-31,36H,6,16H2,1-5H3,(H,34,38)/b25-15+. The lowest BCUT2D eigenvalue weighted by atomic mass is 9.75. The van der Waals surface area contributed by atoms with Crippen molar-refractivity contribution in [2.75, 3.05) is 6.54 Å². The number of fused-ring (bicyclic) bond motifs is 1. The number of aliphatic hydroxyl groups excluding tert-OH is 1. The Morgan fingerprint density at radius 3 is 2.18 bits per heavy atom. The number of ketones is 1. The van der Waals surface area contributed by atoms with E-state index in [0.29, 0.717) is 29.8 Å². The number of nitrogens with one attached hydrogen (secondary N) is 1.